The molecule has 0 atom stereocenters. The molecule has 0 amide bonds. The van der Waals surface area contributed by atoms with Gasteiger partial charge in [0.1, 0.15) is 0 Å². The molecule has 16 heavy (non-hydrogen) atoms. The zero-order valence-corrected chi connectivity index (χ0v) is 8.33. The van der Waals surface area contributed by atoms with E-state index in [-0.39, 0.29) is 19.6 Å². The number of halogens is 6. The highest BCUT2D eigenvalue weighted by molar-refractivity contribution is 5.00. The van der Waals surface area contributed by atoms with Crippen molar-refractivity contribution >= 4 is 0 Å². The molecule has 1 aliphatic rings. The van der Waals surface area contributed by atoms with Crippen molar-refractivity contribution in [3.8, 4) is 0 Å². The first-order chi connectivity index (χ1) is 7.14. The van der Waals surface area contributed by atoms with Crippen LogP contribution in [0.4, 0.5) is 26.3 Å². The van der Waals surface area contributed by atoms with Gasteiger partial charge < -0.3 is 10.6 Å². The van der Waals surface area contributed by atoms with E-state index in [4.69, 9.17) is 5.73 Å². The first kappa shape index (κ1) is 13.6. The molecule has 1 aliphatic heterocycles. The lowest BCUT2D eigenvalue weighted by atomic mass is 9.85. The topological polar surface area (TPSA) is 29.3 Å². The monoisotopic (exact) mass is 250 g/mol. The molecule has 0 aromatic heterocycles. The molecule has 0 aromatic rings. The first-order valence-electron chi connectivity index (χ1n) is 4.70. The van der Waals surface area contributed by atoms with Crippen LogP contribution in [0, 0.1) is 5.41 Å². The van der Waals surface area contributed by atoms with Crippen LogP contribution in [0.25, 0.3) is 0 Å². The molecule has 0 radical (unpaired) electrons. The third-order valence-electron chi connectivity index (χ3n) is 2.88. The van der Waals surface area contributed by atoms with Gasteiger partial charge in [-0.1, -0.05) is 0 Å². The summed E-state index contributed by atoms with van der Waals surface area (Å²) < 4.78 is 75.3. The largest absolute Gasteiger partial charge is 0.404 e. The third kappa shape index (κ3) is 2.13. The fourth-order valence-electron chi connectivity index (χ4n) is 1.89. The van der Waals surface area contributed by atoms with E-state index in [0.29, 0.717) is 0 Å². The molecule has 1 fully saturated rings. The van der Waals surface area contributed by atoms with Crippen molar-refractivity contribution in [3.05, 3.63) is 0 Å². The quantitative estimate of drug-likeness (QED) is 0.757. The number of hydrogen-bond donors (Lipinski definition) is 1. The summed E-state index contributed by atoms with van der Waals surface area (Å²) in [5.74, 6) is 0. The van der Waals surface area contributed by atoms with E-state index >= 15 is 0 Å². The van der Waals surface area contributed by atoms with Gasteiger partial charge in [0.05, 0.1) is 0 Å². The highest BCUT2D eigenvalue weighted by atomic mass is 19.4. The van der Waals surface area contributed by atoms with Gasteiger partial charge in [0.15, 0.2) is 5.41 Å². The van der Waals surface area contributed by atoms with Crippen LogP contribution in [0.5, 0.6) is 0 Å². The van der Waals surface area contributed by atoms with Crippen molar-refractivity contribution in [1.29, 1.82) is 0 Å². The van der Waals surface area contributed by atoms with Gasteiger partial charge in [0.2, 0.25) is 0 Å². The Morgan fingerprint density at radius 3 is 1.88 bits per heavy atom. The molecular formula is C8H12F6N2. The average molecular weight is 250 g/mol. The summed E-state index contributed by atoms with van der Waals surface area (Å²) in [6.45, 7) is -1.17. The van der Waals surface area contributed by atoms with Gasteiger partial charge in [-0.05, 0) is 13.0 Å². The van der Waals surface area contributed by atoms with Gasteiger partial charge in [-0.3, -0.25) is 0 Å². The molecule has 0 aliphatic carbocycles. The molecule has 1 heterocycles. The van der Waals surface area contributed by atoms with Gasteiger partial charge in [-0.2, -0.15) is 26.3 Å². The summed E-state index contributed by atoms with van der Waals surface area (Å²) in [7, 11) is 0. The summed E-state index contributed by atoms with van der Waals surface area (Å²) >= 11 is 0. The fraction of sp³-hybridized carbons (Fsp3) is 1.00. The maximum absolute atomic E-state index is 12.5. The standard InChI is InChI=1S/C8H12F6N2/c9-7(10,11)6(8(12,13)14)1-3-16(5-6)4-2-15/h1-5,15H2. The smallest absolute Gasteiger partial charge is 0.329 e. The zero-order chi connectivity index (χ0) is 12.6. The average Bonchev–Trinajstić information content (AvgIpc) is 2.47. The third-order valence-corrected chi connectivity index (χ3v) is 2.88. The molecule has 96 valence electrons. The molecule has 0 saturated carbocycles. The number of alkyl halides is 6. The minimum Gasteiger partial charge on any atom is -0.329 e. The maximum Gasteiger partial charge on any atom is 0.404 e. The van der Waals surface area contributed by atoms with Crippen molar-refractivity contribution < 1.29 is 26.3 Å². The van der Waals surface area contributed by atoms with Gasteiger partial charge in [-0.15, -0.1) is 0 Å². The second-order valence-electron chi connectivity index (χ2n) is 3.89. The predicted molar refractivity (Wildman–Crippen MR) is 44.7 cm³/mol. The van der Waals surface area contributed by atoms with Crippen LogP contribution in [0.1, 0.15) is 6.42 Å². The van der Waals surface area contributed by atoms with Gasteiger partial charge in [0.25, 0.3) is 0 Å². The highest BCUT2D eigenvalue weighted by Gasteiger charge is 2.72. The van der Waals surface area contributed by atoms with Gasteiger partial charge in [-0.25, -0.2) is 0 Å². The summed E-state index contributed by atoms with van der Waals surface area (Å²) in [4.78, 5) is 1.10. The van der Waals surface area contributed by atoms with E-state index in [9.17, 15) is 26.3 Å². The molecule has 8 heteroatoms. The summed E-state index contributed by atoms with van der Waals surface area (Å²) in [6.07, 6.45) is -11.5. The molecular weight excluding hydrogens is 238 g/mol. The second-order valence-corrected chi connectivity index (χ2v) is 3.89. The fourth-order valence-corrected chi connectivity index (χ4v) is 1.89. The van der Waals surface area contributed by atoms with Crippen LogP contribution in [0.3, 0.4) is 0 Å². The van der Waals surface area contributed by atoms with Crippen LogP contribution >= 0.6 is 0 Å². The number of nitrogens with two attached hydrogens (primary N) is 1. The molecule has 0 bridgehead atoms. The van der Waals surface area contributed by atoms with E-state index < -0.39 is 30.7 Å². The van der Waals surface area contributed by atoms with E-state index in [0.717, 1.165) is 4.90 Å². The van der Waals surface area contributed by atoms with E-state index in [2.05, 4.69) is 0 Å². The summed E-state index contributed by atoms with van der Waals surface area (Å²) in [5.41, 5.74) is 1.52. The first-order valence-corrected chi connectivity index (χ1v) is 4.70. The lowest BCUT2D eigenvalue weighted by Crippen LogP contribution is -2.52. The summed E-state index contributed by atoms with van der Waals surface area (Å²) in [5, 5.41) is 0. The maximum atomic E-state index is 12.5. The Labute approximate surface area is 88.4 Å². The SMILES string of the molecule is NCCN1CCC(C(F)(F)F)(C(F)(F)F)C1. The number of likely N-dealkylation sites (tertiary alicyclic amines) is 1. The highest BCUT2D eigenvalue weighted by Crippen LogP contribution is 2.55. The minimum atomic E-state index is -5.27. The Morgan fingerprint density at radius 1 is 1.06 bits per heavy atom. The second kappa shape index (κ2) is 4.06. The van der Waals surface area contributed by atoms with Crippen molar-refractivity contribution in [3.63, 3.8) is 0 Å². The number of hydrogen-bond acceptors (Lipinski definition) is 2. The molecule has 0 aromatic carbocycles. The van der Waals surface area contributed by atoms with Gasteiger partial charge >= 0.3 is 12.4 Å². The van der Waals surface area contributed by atoms with Crippen molar-refractivity contribution in [2.45, 2.75) is 18.8 Å². The normalized spacial score (nSPS) is 22.7. The predicted octanol–water partition coefficient (Wildman–Crippen LogP) is 1.76. The van der Waals surface area contributed by atoms with Gasteiger partial charge in [0, 0.05) is 19.6 Å². The van der Waals surface area contributed by atoms with Crippen LogP contribution in [0.2, 0.25) is 0 Å². The lowest BCUT2D eigenvalue weighted by molar-refractivity contribution is -0.335. The van der Waals surface area contributed by atoms with Crippen molar-refractivity contribution in [2.24, 2.45) is 11.1 Å². The Morgan fingerprint density at radius 2 is 1.56 bits per heavy atom. The molecule has 0 unspecified atom stereocenters. The molecule has 2 nitrogen and oxygen atoms in total. The summed E-state index contributed by atoms with van der Waals surface area (Å²) in [6, 6.07) is 0. The zero-order valence-electron chi connectivity index (χ0n) is 8.33. The Balaban J connectivity index is 2.93. The van der Waals surface area contributed by atoms with Crippen LogP contribution < -0.4 is 5.73 Å². The number of rotatable bonds is 2. The Hall–Kier alpha value is -0.500. The van der Waals surface area contributed by atoms with Crippen molar-refractivity contribution in [2.75, 3.05) is 26.2 Å². The molecule has 1 rings (SSSR count). The Kier molecular flexibility index (Phi) is 3.45. The Bertz CT molecular complexity index is 232. The van der Waals surface area contributed by atoms with Crippen LogP contribution in [-0.2, 0) is 0 Å². The van der Waals surface area contributed by atoms with Crippen molar-refractivity contribution in [1.82, 2.24) is 4.90 Å². The van der Waals surface area contributed by atoms with E-state index in [1.165, 1.54) is 0 Å². The van der Waals surface area contributed by atoms with Crippen LogP contribution in [-0.4, -0.2) is 43.4 Å². The number of nitrogens with zero attached hydrogens (tertiary/aromatic N) is 1. The van der Waals surface area contributed by atoms with Crippen LogP contribution in [0.15, 0.2) is 0 Å². The lowest BCUT2D eigenvalue weighted by Gasteiger charge is -2.33. The van der Waals surface area contributed by atoms with E-state index in [1.807, 2.05) is 0 Å². The molecule has 1 saturated heterocycles. The molecule has 2 N–H and O–H groups in total. The van der Waals surface area contributed by atoms with E-state index in [1.54, 1.807) is 0 Å². The molecule has 0 spiro atoms. The minimum absolute atomic E-state index is 0.0474.